The number of carbonyl (C=O) groups is 1. The molecule has 1 aromatic carbocycles. The van der Waals surface area contributed by atoms with E-state index in [0.717, 1.165) is 0 Å². The molecule has 1 amide bonds. The molecule has 0 aliphatic rings. The molecule has 16 heavy (non-hydrogen) atoms. The predicted molar refractivity (Wildman–Crippen MR) is 58.3 cm³/mol. The Morgan fingerprint density at radius 2 is 2.06 bits per heavy atom. The van der Waals surface area contributed by atoms with E-state index in [1.807, 2.05) is 0 Å². The lowest BCUT2D eigenvalue weighted by Crippen LogP contribution is -2.13. The van der Waals surface area contributed by atoms with Crippen molar-refractivity contribution in [3.05, 3.63) is 18.2 Å². The number of amides is 1. The van der Waals surface area contributed by atoms with E-state index in [9.17, 15) is 9.90 Å². The Hall–Kier alpha value is -1.75. The summed E-state index contributed by atoms with van der Waals surface area (Å²) in [5.74, 6) is 0.815. The molecule has 1 aromatic rings. The summed E-state index contributed by atoms with van der Waals surface area (Å²) in [5.41, 5.74) is 0.529. The minimum absolute atomic E-state index is 0.0464. The molecule has 87 valence electrons. The fourth-order valence-electron chi connectivity index (χ4n) is 1.21. The Morgan fingerprint density at radius 1 is 1.31 bits per heavy atom. The molecule has 0 bridgehead atoms. The average molecular weight is 224 g/mol. The highest BCUT2D eigenvalue weighted by Gasteiger charge is 2.08. The maximum absolute atomic E-state index is 11.2. The van der Waals surface area contributed by atoms with E-state index < -0.39 is 6.61 Å². The molecule has 0 aliphatic carbocycles. The molecule has 0 aromatic heterocycles. The summed E-state index contributed by atoms with van der Waals surface area (Å²) < 4.78 is 10.1. The maximum Gasteiger partial charge on any atom is 0.226 e. The largest absolute Gasteiger partial charge is 0.497 e. The molecule has 0 saturated heterocycles. The number of anilines is 1. The fourth-order valence-corrected chi connectivity index (χ4v) is 1.21. The van der Waals surface area contributed by atoms with Gasteiger partial charge in [-0.25, -0.2) is 5.11 Å². The Kier molecular flexibility index (Phi) is 4.60. The van der Waals surface area contributed by atoms with Gasteiger partial charge in [-0.2, -0.15) is 0 Å². The van der Waals surface area contributed by atoms with Crippen molar-refractivity contribution >= 4 is 11.6 Å². The van der Waals surface area contributed by atoms with Crippen LogP contribution < -0.4 is 14.8 Å². The average Bonchev–Trinajstić information content (AvgIpc) is 2.30. The minimum Gasteiger partial charge on any atom is -0.497 e. The van der Waals surface area contributed by atoms with Gasteiger partial charge in [-0.05, 0) is 12.1 Å². The van der Waals surface area contributed by atoms with Crippen LogP contribution in [0.5, 0.6) is 11.5 Å². The zero-order valence-corrected chi connectivity index (χ0v) is 9.28. The molecular weight excluding hydrogens is 210 g/mol. The number of nitrogens with one attached hydrogen (secondary N) is 1. The van der Waals surface area contributed by atoms with Crippen molar-refractivity contribution in [3.8, 4) is 11.5 Å². The van der Waals surface area contributed by atoms with Gasteiger partial charge in [-0.15, -0.1) is 0 Å². The van der Waals surface area contributed by atoms with Crippen molar-refractivity contribution in [2.24, 2.45) is 0 Å². The van der Waals surface area contributed by atoms with Crippen LogP contribution in [-0.2, 0) is 9.90 Å². The number of methoxy groups -OCH3 is 2. The summed E-state index contributed by atoms with van der Waals surface area (Å²) in [4.78, 5) is 11.2. The second-order valence-corrected chi connectivity index (χ2v) is 3.07. The van der Waals surface area contributed by atoms with Crippen LogP contribution in [0, 0.1) is 0 Å². The van der Waals surface area contributed by atoms with Crippen molar-refractivity contribution in [1.29, 1.82) is 0 Å². The van der Waals surface area contributed by atoms with Gasteiger partial charge < -0.3 is 14.8 Å². The van der Waals surface area contributed by atoms with Crippen LogP contribution in [0.4, 0.5) is 5.69 Å². The second-order valence-electron chi connectivity index (χ2n) is 3.07. The highest BCUT2D eigenvalue weighted by Crippen LogP contribution is 2.28. The lowest BCUT2D eigenvalue weighted by atomic mass is 10.2. The first kappa shape index (κ1) is 12.3. The first-order valence-corrected chi connectivity index (χ1v) is 4.81. The Labute approximate surface area is 94.0 Å². The molecule has 0 aliphatic heterocycles. The topological polar surface area (TPSA) is 67.5 Å². The summed E-state index contributed by atoms with van der Waals surface area (Å²) in [7, 11) is 3.04. The van der Waals surface area contributed by atoms with Crippen LogP contribution >= 0.6 is 0 Å². The van der Waals surface area contributed by atoms with Crippen molar-refractivity contribution < 1.29 is 19.4 Å². The van der Waals surface area contributed by atoms with Crippen molar-refractivity contribution in [2.45, 2.75) is 6.42 Å². The van der Waals surface area contributed by atoms with Gasteiger partial charge in [0.1, 0.15) is 11.5 Å². The monoisotopic (exact) mass is 224 g/mol. The Balaban J connectivity index is 2.83. The van der Waals surface area contributed by atoms with Crippen LogP contribution in [0.3, 0.4) is 0 Å². The van der Waals surface area contributed by atoms with Crippen molar-refractivity contribution in [1.82, 2.24) is 0 Å². The molecule has 0 saturated carbocycles. The lowest BCUT2D eigenvalue weighted by molar-refractivity contribution is -0.117. The van der Waals surface area contributed by atoms with Crippen LogP contribution in [0.15, 0.2) is 18.2 Å². The van der Waals surface area contributed by atoms with Gasteiger partial charge in [0.2, 0.25) is 5.91 Å². The molecule has 1 N–H and O–H groups in total. The van der Waals surface area contributed by atoms with Crippen LogP contribution in [-0.4, -0.2) is 26.7 Å². The zero-order chi connectivity index (χ0) is 12.0. The summed E-state index contributed by atoms with van der Waals surface area (Å²) in [6, 6.07) is 5.03. The SMILES string of the molecule is COc1ccc(NC(=O)CC[O])c(OC)c1. The van der Waals surface area contributed by atoms with Crippen LogP contribution in [0.1, 0.15) is 6.42 Å². The third kappa shape index (κ3) is 3.13. The number of rotatable bonds is 5. The standard InChI is InChI=1S/C11H14NO4/c1-15-8-3-4-9(10(7-8)16-2)12-11(14)5-6-13/h3-4,7H,5-6H2,1-2H3,(H,12,14). The van der Waals surface area contributed by atoms with Gasteiger partial charge in [0, 0.05) is 6.07 Å². The molecule has 5 heteroatoms. The molecule has 0 spiro atoms. The summed E-state index contributed by atoms with van der Waals surface area (Å²) in [6.45, 7) is -0.426. The third-order valence-corrected chi connectivity index (χ3v) is 2.01. The predicted octanol–water partition coefficient (Wildman–Crippen LogP) is 1.46. The first-order valence-electron chi connectivity index (χ1n) is 4.81. The van der Waals surface area contributed by atoms with Crippen molar-refractivity contribution in [2.75, 3.05) is 26.1 Å². The molecule has 5 nitrogen and oxygen atoms in total. The number of hydrogen-bond donors (Lipinski definition) is 1. The fraction of sp³-hybridized carbons (Fsp3) is 0.364. The quantitative estimate of drug-likeness (QED) is 0.823. The zero-order valence-electron chi connectivity index (χ0n) is 9.28. The molecular formula is C11H14NO4. The van der Waals surface area contributed by atoms with E-state index in [1.165, 1.54) is 7.11 Å². The van der Waals surface area contributed by atoms with E-state index in [4.69, 9.17) is 9.47 Å². The van der Waals surface area contributed by atoms with Gasteiger partial charge in [0.05, 0.1) is 32.9 Å². The molecule has 0 heterocycles. The minimum atomic E-state index is -0.426. The highest BCUT2D eigenvalue weighted by molar-refractivity contribution is 5.92. The van der Waals surface area contributed by atoms with E-state index in [1.54, 1.807) is 25.3 Å². The maximum atomic E-state index is 11.2. The van der Waals surface area contributed by atoms with Gasteiger partial charge in [-0.3, -0.25) is 4.79 Å². The van der Waals surface area contributed by atoms with Crippen LogP contribution in [0.25, 0.3) is 0 Å². The Bertz CT molecular complexity index is 365. The van der Waals surface area contributed by atoms with E-state index in [0.29, 0.717) is 17.2 Å². The summed E-state index contributed by atoms with van der Waals surface area (Å²) in [5, 5.41) is 12.9. The second kappa shape index (κ2) is 5.97. The number of hydrogen-bond acceptors (Lipinski definition) is 3. The van der Waals surface area contributed by atoms with Gasteiger partial charge in [0.25, 0.3) is 0 Å². The van der Waals surface area contributed by atoms with Gasteiger partial charge in [0.15, 0.2) is 0 Å². The molecule has 1 rings (SSSR count). The third-order valence-electron chi connectivity index (χ3n) is 2.01. The molecule has 0 atom stereocenters. The van der Waals surface area contributed by atoms with Gasteiger partial charge >= 0.3 is 0 Å². The smallest absolute Gasteiger partial charge is 0.226 e. The molecule has 0 unspecified atom stereocenters. The van der Waals surface area contributed by atoms with Crippen molar-refractivity contribution in [3.63, 3.8) is 0 Å². The van der Waals surface area contributed by atoms with E-state index >= 15 is 0 Å². The first-order chi connectivity index (χ1) is 7.71. The number of ether oxygens (including phenoxy) is 2. The summed E-state index contributed by atoms with van der Waals surface area (Å²) in [6.07, 6.45) is -0.0464. The molecule has 0 fully saturated rings. The van der Waals surface area contributed by atoms with E-state index in [2.05, 4.69) is 5.32 Å². The normalized spacial score (nSPS) is 9.69. The van der Waals surface area contributed by atoms with E-state index in [-0.39, 0.29) is 12.3 Å². The summed E-state index contributed by atoms with van der Waals surface area (Å²) >= 11 is 0. The van der Waals surface area contributed by atoms with Gasteiger partial charge in [-0.1, -0.05) is 0 Å². The van der Waals surface area contributed by atoms with Crippen LogP contribution in [0.2, 0.25) is 0 Å². The number of carbonyl (C=O) groups excluding carboxylic acids is 1. The Morgan fingerprint density at radius 3 is 2.62 bits per heavy atom. The highest BCUT2D eigenvalue weighted by atomic mass is 16.5. The molecule has 1 radical (unpaired) electrons. The lowest BCUT2D eigenvalue weighted by Gasteiger charge is -2.10. The number of benzene rings is 1.